The Bertz CT molecular complexity index is 457. The average Bonchev–Trinajstić information content (AvgIpc) is 2.83. The molecule has 1 aliphatic rings. The van der Waals surface area contributed by atoms with E-state index in [4.69, 9.17) is 15.2 Å². The summed E-state index contributed by atoms with van der Waals surface area (Å²) in [6.07, 6.45) is 0.462. The van der Waals surface area contributed by atoms with Gasteiger partial charge in [-0.3, -0.25) is 4.79 Å². The summed E-state index contributed by atoms with van der Waals surface area (Å²) < 4.78 is 11.0. The molecule has 1 saturated heterocycles. The molecule has 0 radical (unpaired) electrons. The minimum absolute atomic E-state index is 0.122. The summed E-state index contributed by atoms with van der Waals surface area (Å²) in [5.41, 5.74) is 5.33. The van der Waals surface area contributed by atoms with E-state index < -0.39 is 11.7 Å². The third kappa shape index (κ3) is 6.84. The monoisotopic (exact) mass is 356 g/mol. The number of amides is 1. The first-order valence-electron chi connectivity index (χ1n) is 9.34. The molecule has 0 aromatic rings. The van der Waals surface area contributed by atoms with Crippen LogP contribution in [0.15, 0.2) is 0 Å². The smallest absolute Gasteiger partial charge is 0.408 e. The number of carbonyl (C=O) groups is 2. The number of hydrogen-bond donors (Lipinski definition) is 2. The van der Waals surface area contributed by atoms with Crippen molar-refractivity contribution in [2.75, 3.05) is 6.54 Å². The van der Waals surface area contributed by atoms with Gasteiger partial charge >= 0.3 is 12.1 Å². The molecular formula is C19H36N2O4. The van der Waals surface area contributed by atoms with Gasteiger partial charge in [-0.2, -0.15) is 0 Å². The second-order valence-corrected chi connectivity index (χ2v) is 8.79. The molecule has 0 aliphatic carbocycles. The summed E-state index contributed by atoms with van der Waals surface area (Å²) >= 11 is 0. The van der Waals surface area contributed by atoms with E-state index in [0.717, 1.165) is 0 Å². The van der Waals surface area contributed by atoms with Gasteiger partial charge in [0, 0.05) is 0 Å². The molecule has 0 saturated carbocycles. The van der Waals surface area contributed by atoms with Crippen molar-refractivity contribution in [2.24, 2.45) is 29.4 Å². The van der Waals surface area contributed by atoms with E-state index in [2.05, 4.69) is 19.2 Å². The van der Waals surface area contributed by atoms with Gasteiger partial charge in [-0.1, -0.05) is 27.7 Å². The Morgan fingerprint density at radius 2 is 1.92 bits per heavy atom. The SMILES string of the molecule is CC(C)[C@@H](CN)C[C@H](NC(=O)OC(C)(C)C)[C@@H]1C[C@@H](C(C)C)C(=O)O1. The van der Waals surface area contributed by atoms with Gasteiger partial charge in [0.1, 0.15) is 11.7 Å². The van der Waals surface area contributed by atoms with Gasteiger partial charge in [0.15, 0.2) is 0 Å². The van der Waals surface area contributed by atoms with Gasteiger partial charge in [-0.05, 0) is 57.9 Å². The zero-order chi connectivity index (χ0) is 19.4. The van der Waals surface area contributed by atoms with Crippen LogP contribution in [0.2, 0.25) is 0 Å². The third-order valence-corrected chi connectivity index (χ3v) is 4.81. The van der Waals surface area contributed by atoms with E-state index in [0.29, 0.717) is 25.3 Å². The lowest BCUT2D eigenvalue weighted by atomic mass is 9.85. The molecule has 3 N–H and O–H groups in total. The molecule has 1 aliphatic heterocycles. The predicted molar refractivity (Wildman–Crippen MR) is 98.0 cm³/mol. The van der Waals surface area contributed by atoms with Gasteiger partial charge in [-0.25, -0.2) is 4.79 Å². The second-order valence-electron chi connectivity index (χ2n) is 8.79. The Balaban J connectivity index is 2.88. The van der Waals surface area contributed by atoms with E-state index in [-0.39, 0.29) is 35.9 Å². The minimum Gasteiger partial charge on any atom is -0.460 e. The highest BCUT2D eigenvalue weighted by atomic mass is 16.6. The summed E-state index contributed by atoms with van der Waals surface area (Å²) in [5.74, 6) is 0.533. The number of ether oxygens (including phenoxy) is 2. The first-order valence-corrected chi connectivity index (χ1v) is 9.34. The maximum absolute atomic E-state index is 12.3. The van der Waals surface area contributed by atoms with E-state index in [1.54, 1.807) is 0 Å². The van der Waals surface area contributed by atoms with Crippen LogP contribution >= 0.6 is 0 Å². The number of nitrogens with two attached hydrogens (primary N) is 1. The predicted octanol–water partition coefficient (Wildman–Crippen LogP) is 3.09. The summed E-state index contributed by atoms with van der Waals surface area (Å²) in [6.45, 7) is 14.2. The van der Waals surface area contributed by atoms with Crippen molar-refractivity contribution in [1.29, 1.82) is 0 Å². The number of nitrogens with one attached hydrogen (secondary N) is 1. The minimum atomic E-state index is -0.577. The van der Waals surface area contributed by atoms with Gasteiger partial charge in [-0.15, -0.1) is 0 Å². The fourth-order valence-corrected chi connectivity index (χ4v) is 3.15. The second kappa shape index (κ2) is 8.88. The van der Waals surface area contributed by atoms with Crippen LogP contribution in [-0.4, -0.2) is 36.4 Å². The quantitative estimate of drug-likeness (QED) is 0.684. The van der Waals surface area contributed by atoms with Crippen molar-refractivity contribution in [3.05, 3.63) is 0 Å². The molecule has 1 rings (SSSR count). The molecule has 0 bridgehead atoms. The fourth-order valence-electron chi connectivity index (χ4n) is 3.15. The van der Waals surface area contributed by atoms with Crippen molar-refractivity contribution < 1.29 is 19.1 Å². The maximum Gasteiger partial charge on any atom is 0.408 e. The Hall–Kier alpha value is -1.30. The van der Waals surface area contributed by atoms with Gasteiger partial charge < -0.3 is 20.5 Å². The topological polar surface area (TPSA) is 90.6 Å². The normalized spacial score (nSPS) is 23.5. The summed E-state index contributed by atoms with van der Waals surface area (Å²) in [7, 11) is 0. The molecule has 6 heteroatoms. The van der Waals surface area contributed by atoms with Crippen LogP contribution in [0.4, 0.5) is 4.79 Å². The van der Waals surface area contributed by atoms with Crippen molar-refractivity contribution in [3.8, 4) is 0 Å². The van der Waals surface area contributed by atoms with Crippen LogP contribution < -0.4 is 11.1 Å². The van der Waals surface area contributed by atoms with Crippen LogP contribution in [0.3, 0.4) is 0 Å². The molecule has 146 valence electrons. The third-order valence-electron chi connectivity index (χ3n) is 4.81. The van der Waals surface area contributed by atoms with Gasteiger partial charge in [0.25, 0.3) is 0 Å². The van der Waals surface area contributed by atoms with E-state index >= 15 is 0 Å². The van der Waals surface area contributed by atoms with Crippen LogP contribution in [-0.2, 0) is 14.3 Å². The van der Waals surface area contributed by atoms with Gasteiger partial charge in [0.2, 0.25) is 0 Å². The van der Waals surface area contributed by atoms with E-state index in [9.17, 15) is 9.59 Å². The molecule has 25 heavy (non-hydrogen) atoms. The number of alkyl carbamates (subject to hydrolysis) is 1. The molecule has 0 unspecified atom stereocenters. The lowest BCUT2D eigenvalue weighted by Crippen LogP contribution is -2.47. The zero-order valence-electron chi connectivity index (χ0n) is 16.8. The lowest BCUT2D eigenvalue weighted by molar-refractivity contribution is -0.146. The summed E-state index contributed by atoms with van der Waals surface area (Å²) in [6, 6.07) is -0.293. The van der Waals surface area contributed by atoms with Gasteiger partial charge in [0.05, 0.1) is 12.0 Å². The Morgan fingerprint density at radius 3 is 2.32 bits per heavy atom. The number of rotatable bonds is 7. The number of carbonyl (C=O) groups excluding carboxylic acids is 2. The molecule has 0 aromatic heterocycles. The molecule has 0 aromatic carbocycles. The molecular weight excluding hydrogens is 320 g/mol. The van der Waals surface area contributed by atoms with Crippen molar-refractivity contribution >= 4 is 12.1 Å². The Kier molecular flexibility index (Phi) is 7.72. The highest BCUT2D eigenvalue weighted by Gasteiger charge is 2.41. The highest BCUT2D eigenvalue weighted by Crippen LogP contribution is 2.32. The highest BCUT2D eigenvalue weighted by molar-refractivity contribution is 5.75. The molecule has 1 heterocycles. The zero-order valence-corrected chi connectivity index (χ0v) is 16.8. The largest absolute Gasteiger partial charge is 0.460 e. The van der Waals surface area contributed by atoms with Crippen molar-refractivity contribution in [1.82, 2.24) is 5.32 Å². The first kappa shape index (κ1) is 21.7. The fraction of sp³-hybridized carbons (Fsp3) is 0.895. The molecule has 0 spiro atoms. The van der Waals surface area contributed by atoms with Crippen LogP contribution in [0.5, 0.6) is 0 Å². The number of hydrogen-bond acceptors (Lipinski definition) is 5. The first-order chi connectivity index (χ1) is 11.4. The average molecular weight is 357 g/mol. The Morgan fingerprint density at radius 1 is 1.32 bits per heavy atom. The van der Waals surface area contributed by atoms with E-state index in [1.165, 1.54) is 0 Å². The summed E-state index contributed by atoms with van der Waals surface area (Å²) in [5, 5.41) is 2.92. The van der Waals surface area contributed by atoms with Crippen LogP contribution in [0.1, 0.15) is 61.3 Å². The number of cyclic esters (lactones) is 1. The lowest BCUT2D eigenvalue weighted by Gasteiger charge is -2.30. The number of esters is 1. The van der Waals surface area contributed by atoms with E-state index in [1.807, 2.05) is 34.6 Å². The molecule has 6 nitrogen and oxygen atoms in total. The van der Waals surface area contributed by atoms with Crippen LogP contribution in [0, 0.1) is 23.7 Å². The van der Waals surface area contributed by atoms with Crippen LogP contribution in [0.25, 0.3) is 0 Å². The van der Waals surface area contributed by atoms with Crippen molar-refractivity contribution in [3.63, 3.8) is 0 Å². The molecule has 1 amide bonds. The van der Waals surface area contributed by atoms with Crippen molar-refractivity contribution in [2.45, 2.75) is 79.1 Å². The standard InChI is InChI=1S/C19H36N2O4/c1-11(2)13(10-20)8-15(21-18(23)25-19(5,6)7)16-9-14(12(3)4)17(22)24-16/h11-16H,8-10,20H2,1-7H3,(H,21,23)/t13-,14+,15+,16+/m1/s1. The maximum atomic E-state index is 12.3. The summed E-state index contributed by atoms with van der Waals surface area (Å²) in [4.78, 5) is 24.4. The molecule has 1 fully saturated rings. The molecule has 4 atom stereocenters. The Labute approximate surface area is 152 Å².